The molecule has 0 aromatic heterocycles. The van der Waals surface area contributed by atoms with Gasteiger partial charge in [0.2, 0.25) is 0 Å². The zero-order chi connectivity index (χ0) is 16.9. The van der Waals surface area contributed by atoms with Gasteiger partial charge in [0, 0.05) is 17.1 Å². The molecule has 2 aromatic rings. The van der Waals surface area contributed by atoms with E-state index in [1.165, 1.54) is 12.8 Å². The number of hydrogen-bond acceptors (Lipinski definition) is 2. The average molecular weight is 343 g/mol. The van der Waals surface area contributed by atoms with Gasteiger partial charge in [0.1, 0.15) is 0 Å². The molecule has 24 heavy (non-hydrogen) atoms. The minimum atomic E-state index is -0.0325. The van der Waals surface area contributed by atoms with Crippen LogP contribution < -0.4 is 5.32 Å². The highest BCUT2D eigenvalue weighted by atomic mass is 35.5. The van der Waals surface area contributed by atoms with Crippen LogP contribution in [0.3, 0.4) is 0 Å². The molecule has 1 saturated heterocycles. The van der Waals surface area contributed by atoms with E-state index in [9.17, 15) is 4.79 Å². The second-order valence-corrected chi connectivity index (χ2v) is 6.77. The standard InChI is InChI=1S/C20H23ClN2O/c1-15-7-6-8-16(13-15)20(24)22-14-19(23-11-4-5-12-23)17-9-2-3-10-18(17)21/h2-3,6-10,13,19H,4-5,11-12,14H2,1H3,(H,22,24)/t19-/m1/s1. The fourth-order valence-electron chi connectivity index (χ4n) is 3.31. The van der Waals surface area contributed by atoms with E-state index < -0.39 is 0 Å². The van der Waals surface area contributed by atoms with Crippen molar-refractivity contribution in [3.8, 4) is 0 Å². The highest BCUT2D eigenvalue weighted by Gasteiger charge is 2.25. The molecule has 0 saturated carbocycles. The topological polar surface area (TPSA) is 32.3 Å². The Hall–Kier alpha value is -1.84. The molecule has 2 aromatic carbocycles. The molecule has 0 unspecified atom stereocenters. The molecule has 1 fully saturated rings. The minimum absolute atomic E-state index is 0.0325. The Balaban J connectivity index is 1.75. The largest absolute Gasteiger partial charge is 0.350 e. The predicted octanol–water partition coefficient (Wildman–Crippen LogP) is 4.22. The van der Waals surface area contributed by atoms with Crippen LogP contribution in [-0.2, 0) is 0 Å². The van der Waals surface area contributed by atoms with Crippen molar-refractivity contribution < 1.29 is 4.79 Å². The number of amides is 1. The molecule has 0 radical (unpaired) electrons. The third-order valence-electron chi connectivity index (χ3n) is 4.58. The average Bonchev–Trinajstić information content (AvgIpc) is 3.11. The minimum Gasteiger partial charge on any atom is -0.350 e. The van der Waals surface area contributed by atoms with Crippen LogP contribution in [0, 0.1) is 6.92 Å². The van der Waals surface area contributed by atoms with Crippen LogP contribution in [-0.4, -0.2) is 30.4 Å². The quantitative estimate of drug-likeness (QED) is 0.882. The van der Waals surface area contributed by atoms with Gasteiger partial charge in [0.05, 0.1) is 6.04 Å². The lowest BCUT2D eigenvalue weighted by molar-refractivity contribution is 0.0938. The smallest absolute Gasteiger partial charge is 0.251 e. The van der Waals surface area contributed by atoms with Gasteiger partial charge in [0.15, 0.2) is 0 Å². The number of rotatable bonds is 5. The van der Waals surface area contributed by atoms with E-state index in [2.05, 4.69) is 16.3 Å². The fraction of sp³-hybridized carbons (Fsp3) is 0.350. The maximum absolute atomic E-state index is 12.5. The first-order valence-corrected chi connectivity index (χ1v) is 8.86. The second kappa shape index (κ2) is 7.82. The summed E-state index contributed by atoms with van der Waals surface area (Å²) in [6, 6.07) is 15.7. The van der Waals surface area contributed by atoms with Gasteiger partial charge in [-0.25, -0.2) is 0 Å². The van der Waals surface area contributed by atoms with Crippen LogP contribution in [0.5, 0.6) is 0 Å². The van der Waals surface area contributed by atoms with E-state index >= 15 is 0 Å². The summed E-state index contributed by atoms with van der Waals surface area (Å²) in [6.07, 6.45) is 2.40. The van der Waals surface area contributed by atoms with Crippen molar-refractivity contribution in [2.24, 2.45) is 0 Å². The van der Waals surface area contributed by atoms with Crippen molar-refractivity contribution in [3.05, 3.63) is 70.2 Å². The van der Waals surface area contributed by atoms with Crippen LogP contribution >= 0.6 is 11.6 Å². The number of nitrogens with one attached hydrogen (secondary N) is 1. The van der Waals surface area contributed by atoms with Gasteiger partial charge in [-0.3, -0.25) is 9.69 Å². The zero-order valence-corrected chi connectivity index (χ0v) is 14.7. The summed E-state index contributed by atoms with van der Waals surface area (Å²) < 4.78 is 0. The van der Waals surface area contributed by atoms with Gasteiger partial charge in [-0.1, -0.05) is 47.5 Å². The van der Waals surface area contributed by atoms with Crippen LogP contribution in [0.1, 0.15) is 40.4 Å². The molecule has 1 heterocycles. The van der Waals surface area contributed by atoms with E-state index in [1.807, 2.05) is 49.4 Å². The summed E-state index contributed by atoms with van der Waals surface area (Å²) >= 11 is 6.41. The van der Waals surface area contributed by atoms with E-state index in [0.29, 0.717) is 12.1 Å². The molecule has 1 atom stereocenters. The van der Waals surface area contributed by atoms with Crippen LogP contribution in [0.15, 0.2) is 48.5 Å². The normalized spacial score (nSPS) is 16.1. The maximum atomic E-state index is 12.5. The Bertz CT molecular complexity index is 710. The first-order valence-electron chi connectivity index (χ1n) is 8.48. The summed E-state index contributed by atoms with van der Waals surface area (Å²) in [7, 11) is 0. The number of likely N-dealkylation sites (tertiary alicyclic amines) is 1. The molecule has 1 N–H and O–H groups in total. The van der Waals surface area contributed by atoms with Crippen LogP contribution in [0.2, 0.25) is 5.02 Å². The van der Waals surface area contributed by atoms with Crippen molar-refractivity contribution in [3.63, 3.8) is 0 Å². The molecule has 1 aliphatic rings. The molecule has 1 amide bonds. The monoisotopic (exact) mass is 342 g/mol. The van der Waals surface area contributed by atoms with E-state index in [1.54, 1.807) is 0 Å². The number of benzene rings is 2. The molecule has 0 spiro atoms. The molecular weight excluding hydrogens is 320 g/mol. The van der Waals surface area contributed by atoms with E-state index in [4.69, 9.17) is 11.6 Å². The molecular formula is C20H23ClN2O. The Labute approximate surface area is 148 Å². The molecule has 3 rings (SSSR count). The first-order chi connectivity index (χ1) is 11.6. The highest BCUT2D eigenvalue weighted by molar-refractivity contribution is 6.31. The summed E-state index contributed by atoms with van der Waals surface area (Å²) in [5.41, 5.74) is 2.88. The Morgan fingerprint density at radius 3 is 2.62 bits per heavy atom. The van der Waals surface area contributed by atoms with Crippen molar-refractivity contribution in [1.29, 1.82) is 0 Å². The third kappa shape index (κ3) is 3.97. The van der Waals surface area contributed by atoms with Gasteiger partial charge in [-0.15, -0.1) is 0 Å². The van der Waals surface area contributed by atoms with Crippen molar-refractivity contribution in [2.75, 3.05) is 19.6 Å². The van der Waals surface area contributed by atoms with Crippen molar-refractivity contribution in [2.45, 2.75) is 25.8 Å². The van der Waals surface area contributed by atoms with Crippen molar-refractivity contribution in [1.82, 2.24) is 10.2 Å². The predicted molar refractivity (Wildman–Crippen MR) is 98.5 cm³/mol. The number of hydrogen-bond donors (Lipinski definition) is 1. The summed E-state index contributed by atoms with van der Waals surface area (Å²) in [6.45, 7) is 4.66. The Morgan fingerprint density at radius 1 is 1.17 bits per heavy atom. The highest BCUT2D eigenvalue weighted by Crippen LogP contribution is 2.29. The molecule has 126 valence electrons. The van der Waals surface area contributed by atoms with Gasteiger partial charge < -0.3 is 5.32 Å². The van der Waals surface area contributed by atoms with Gasteiger partial charge >= 0.3 is 0 Å². The molecule has 4 heteroatoms. The zero-order valence-electron chi connectivity index (χ0n) is 14.0. The van der Waals surface area contributed by atoms with Gasteiger partial charge in [-0.2, -0.15) is 0 Å². The van der Waals surface area contributed by atoms with E-state index in [-0.39, 0.29) is 11.9 Å². The lowest BCUT2D eigenvalue weighted by atomic mass is 10.0. The Morgan fingerprint density at radius 2 is 1.92 bits per heavy atom. The lowest BCUT2D eigenvalue weighted by Gasteiger charge is -2.29. The molecule has 0 aliphatic carbocycles. The van der Waals surface area contributed by atoms with Crippen LogP contribution in [0.4, 0.5) is 0 Å². The fourth-order valence-corrected chi connectivity index (χ4v) is 3.57. The number of carbonyl (C=O) groups excluding carboxylic acids is 1. The SMILES string of the molecule is Cc1cccc(C(=O)NC[C@H](c2ccccc2Cl)N2CCCC2)c1. The molecule has 1 aliphatic heterocycles. The summed E-state index contributed by atoms with van der Waals surface area (Å²) in [4.78, 5) is 14.9. The Kier molecular flexibility index (Phi) is 5.54. The van der Waals surface area contributed by atoms with Crippen LogP contribution in [0.25, 0.3) is 0 Å². The third-order valence-corrected chi connectivity index (χ3v) is 4.93. The first kappa shape index (κ1) is 17.0. The van der Waals surface area contributed by atoms with E-state index in [0.717, 1.165) is 29.2 Å². The second-order valence-electron chi connectivity index (χ2n) is 6.36. The number of nitrogens with zero attached hydrogens (tertiary/aromatic N) is 1. The van der Waals surface area contributed by atoms with Crippen molar-refractivity contribution >= 4 is 17.5 Å². The maximum Gasteiger partial charge on any atom is 0.251 e. The number of carbonyl (C=O) groups is 1. The lowest BCUT2D eigenvalue weighted by Crippen LogP contribution is -2.37. The molecule has 3 nitrogen and oxygen atoms in total. The van der Waals surface area contributed by atoms with Gasteiger partial charge in [0.25, 0.3) is 5.91 Å². The molecule has 0 bridgehead atoms. The summed E-state index contributed by atoms with van der Waals surface area (Å²) in [5.74, 6) is -0.0325. The number of halogens is 1. The summed E-state index contributed by atoms with van der Waals surface area (Å²) in [5, 5.41) is 3.85. The van der Waals surface area contributed by atoms with Gasteiger partial charge in [-0.05, 0) is 56.6 Å². The number of aryl methyl sites for hydroxylation is 1.